The average Bonchev–Trinajstić information content (AvgIpc) is 2.46. The van der Waals surface area contributed by atoms with Crippen molar-refractivity contribution in [1.29, 1.82) is 0 Å². The summed E-state index contributed by atoms with van der Waals surface area (Å²) in [6.07, 6.45) is 1.06. The van der Waals surface area contributed by atoms with Crippen LogP contribution < -0.4 is 10.5 Å². The molecule has 106 valence electrons. The summed E-state index contributed by atoms with van der Waals surface area (Å²) in [5, 5.41) is 0. The van der Waals surface area contributed by atoms with Gasteiger partial charge in [0, 0.05) is 11.6 Å². The Morgan fingerprint density at radius 2 is 1.70 bits per heavy atom. The standard InChI is InChI=1S/C18H23NO/c1-4-15-6-8-16(9-7-15)12-20-18-10-5-13(2)11-17(18)14(3)19/h5-11,14H,4,12,19H2,1-3H3/t14-/m1/s1. The molecule has 1 atom stereocenters. The fourth-order valence-corrected chi connectivity index (χ4v) is 2.19. The Balaban J connectivity index is 2.10. The van der Waals surface area contributed by atoms with E-state index in [-0.39, 0.29) is 6.04 Å². The van der Waals surface area contributed by atoms with Crippen molar-refractivity contribution in [2.45, 2.75) is 39.8 Å². The highest BCUT2D eigenvalue weighted by Gasteiger charge is 2.08. The average molecular weight is 269 g/mol. The van der Waals surface area contributed by atoms with Gasteiger partial charge in [-0.3, -0.25) is 0 Å². The second kappa shape index (κ2) is 6.58. The summed E-state index contributed by atoms with van der Waals surface area (Å²) in [6.45, 7) is 6.79. The van der Waals surface area contributed by atoms with Gasteiger partial charge in [-0.15, -0.1) is 0 Å². The zero-order valence-corrected chi connectivity index (χ0v) is 12.5. The van der Waals surface area contributed by atoms with Crippen molar-refractivity contribution < 1.29 is 4.74 Å². The van der Waals surface area contributed by atoms with E-state index in [1.165, 1.54) is 16.7 Å². The highest BCUT2D eigenvalue weighted by molar-refractivity contribution is 5.39. The first kappa shape index (κ1) is 14.6. The molecule has 0 fully saturated rings. The molecule has 2 N–H and O–H groups in total. The van der Waals surface area contributed by atoms with Gasteiger partial charge in [0.25, 0.3) is 0 Å². The van der Waals surface area contributed by atoms with Crippen LogP contribution in [0.4, 0.5) is 0 Å². The van der Waals surface area contributed by atoms with E-state index in [4.69, 9.17) is 10.5 Å². The molecular formula is C18H23NO. The molecule has 0 aliphatic rings. The van der Waals surface area contributed by atoms with Crippen LogP contribution in [-0.2, 0) is 13.0 Å². The largest absolute Gasteiger partial charge is 0.489 e. The van der Waals surface area contributed by atoms with Gasteiger partial charge < -0.3 is 10.5 Å². The maximum Gasteiger partial charge on any atom is 0.124 e. The van der Waals surface area contributed by atoms with Gasteiger partial charge in [-0.2, -0.15) is 0 Å². The maximum atomic E-state index is 6.01. The molecule has 0 aliphatic heterocycles. The van der Waals surface area contributed by atoms with Gasteiger partial charge in [-0.25, -0.2) is 0 Å². The van der Waals surface area contributed by atoms with Gasteiger partial charge in [-0.05, 0) is 37.5 Å². The first-order valence-electron chi connectivity index (χ1n) is 7.17. The molecule has 0 amide bonds. The van der Waals surface area contributed by atoms with E-state index in [9.17, 15) is 0 Å². The summed E-state index contributed by atoms with van der Waals surface area (Å²) in [7, 11) is 0. The zero-order valence-electron chi connectivity index (χ0n) is 12.5. The molecule has 2 aromatic carbocycles. The number of benzene rings is 2. The summed E-state index contributed by atoms with van der Waals surface area (Å²) in [4.78, 5) is 0. The van der Waals surface area contributed by atoms with E-state index in [2.05, 4.69) is 50.2 Å². The lowest BCUT2D eigenvalue weighted by atomic mass is 10.1. The molecule has 2 rings (SSSR count). The van der Waals surface area contributed by atoms with Gasteiger partial charge in [-0.1, -0.05) is 48.9 Å². The summed E-state index contributed by atoms with van der Waals surface area (Å²) < 4.78 is 5.93. The molecular weight excluding hydrogens is 246 g/mol. The third kappa shape index (κ3) is 3.61. The number of hydrogen-bond donors (Lipinski definition) is 1. The molecule has 0 bridgehead atoms. The summed E-state index contributed by atoms with van der Waals surface area (Å²) in [5.41, 5.74) is 10.8. The van der Waals surface area contributed by atoms with Crippen LogP contribution in [0, 0.1) is 6.92 Å². The van der Waals surface area contributed by atoms with Crippen LogP contribution in [0.15, 0.2) is 42.5 Å². The van der Waals surface area contributed by atoms with Crippen LogP contribution in [0.1, 0.15) is 42.1 Å². The minimum Gasteiger partial charge on any atom is -0.489 e. The predicted octanol–water partition coefficient (Wildman–Crippen LogP) is 4.16. The Bertz CT molecular complexity index is 558. The number of rotatable bonds is 5. The van der Waals surface area contributed by atoms with Crippen LogP contribution in [0.2, 0.25) is 0 Å². The monoisotopic (exact) mass is 269 g/mol. The Hall–Kier alpha value is -1.80. The fraction of sp³-hybridized carbons (Fsp3) is 0.333. The molecule has 20 heavy (non-hydrogen) atoms. The van der Waals surface area contributed by atoms with Crippen molar-refractivity contribution in [3.63, 3.8) is 0 Å². The van der Waals surface area contributed by atoms with Gasteiger partial charge in [0.1, 0.15) is 12.4 Å². The lowest BCUT2D eigenvalue weighted by molar-refractivity contribution is 0.301. The highest BCUT2D eigenvalue weighted by atomic mass is 16.5. The lowest BCUT2D eigenvalue weighted by Gasteiger charge is -2.15. The van der Waals surface area contributed by atoms with Crippen LogP contribution >= 0.6 is 0 Å². The van der Waals surface area contributed by atoms with Crippen LogP contribution in [0.3, 0.4) is 0 Å². The number of nitrogens with two attached hydrogens (primary N) is 1. The molecule has 0 unspecified atom stereocenters. The van der Waals surface area contributed by atoms with Crippen molar-refractivity contribution in [3.05, 3.63) is 64.7 Å². The Morgan fingerprint density at radius 3 is 2.30 bits per heavy atom. The molecule has 2 aromatic rings. The van der Waals surface area contributed by atoms with Gasteiger partial charge in [0.2, 0.25) is 0 Å². The predicted molar refractivity (Wildman–Crippen MR) is 83.9 cm³/mol. The molecule has 0 spiro atoms. The molecule has 2 heteroatoms. The molecule has 2 nitrogen and oxygen atoms in total. The number of ether oxygens (including phenoxy) is 1. The third-order valence-corrected chi connectivity index (χ3v) is 3.48. The van der Waals surface area contributed by atoms with E-state index in [0.717, 1.165) is 17.7 Å². The Morgan fingerprint density at radius 1 is 1.05 bits per heavy atom. The van der Waals surface area contributed by atoms with E-state index in [0.29, 0.717) is 6.61 Å². The third-order valence-electron chi connectivity index (χ3n) is 3.48. The van der Waals surface area contributed by atoms with Crippen LogP contribution in [0.25, 0.3) is 0 Å². The van der Waals surface area contributed by atoms with Crippen molar-refractivity contribution >= 4 is 0 Å². The Labute approximate surface area is 121 Å². The van der Waals surface area contributed by atoms with E-state index in [1.807, 2.05) is 13.0 Å². The van der Waals surface area contributed by atoms with Crippen LogP contribution in [0.5, 0.6) is 5.75 Å². The molecule has 0 heterocycles. The SMILES string of the molecule is CCc1ccc(COc2ccc(C)cc2[C@@H](C)N)cc1. The lowest BCUT2D eigenvalue weighted by Crippen LogP contribution is -2.08. The number of hydrogen-bond acceptors (Lipinski definition) is 2. The summed E-state index contributed by atoms with van der Waals surface area (Å²) in [5.74, 6) is 0.880. The summed E-state index contributed by atoms with van der Waals surface area (Å²) in [6, 6.07) is 14.7. The van der Waals surface area contributed by atoms with E-state index >= 15 is 0 Å². The van der Waals surface area contributed by atoms with Crippen LogP contribution in [-0.4, -0.2) is 0 Å². The van der Waals surface area contributed by atoms with Crippen molar-refractivity contribution in [2.75, 3.05) is 0 Å². The fourth-order valence-electron chi connectivity index (χ4n) is 2.19. The topological polar surface area (TPSA) is 35.2 Å². The van der Waals surface area contributed by atoms with Gasteiger partial charge in [0.15, 0.2) is 0 Å². The van der Waals surface area contributed by atoms with E-state index in [1.54, 1.807) is 0 Å². The quantitative estimate of drug-likeness (QED) is 0.884. The zero-order chi connectivity index (χ0) is 14.5. The van der Waals surface area contributed by atoms with Crippen molar-refractivity contribution in [2.24, 2.45) is 5.73 Å². The molecule has 0 saturated carbocycles. The van der Waals surface area contributed by atoms with Gasteiger partial charge >= 0.3 is 0 Å². The van der Waals surface area contributed by atoms with E-state index < -0.39 is 0 Å². The van der Waals surface area contributed by atoms with Gasteiger partial charge in [0.05, 0.1) is 0 Å². The summed E-state index contributed by atoms with van der Waals surface area (Å²) >= 11 is 0. The van der Waals surface area contributed by atoms with Crippen molar-refractivity contribution in [1.82, 2.24) is 0 Å². The normalized spacial score (nSPS) is 12.2. The first-order chi connectivity index (χ1) is 9.60. The highest BCUT2D eigenvalue weighted by Crippen LogP contribution is 2.25. The molecule has 0 aromatic heterocycles. The minimum absolute atomic E-state index is 0.0210. The Kier molecular flexibility index (Phi) is 4.80. The maximum absolute atomic E-state index is 6.01. The molecule has 0 aliphatic carbocycles. The second-order valence-electron chi connectivity index (χ2n) is 5.29. The number of aryl methyl sites for hydroxylation is 2. The second-order valence-corrected chi connectivity index (χ2v) is 5.29. The molecule has 0 saturated heterocycles. The first-order valence-corrected chi connectivity index (χ1v) is 7.17. The smallest absolute Gasteiger partial charge is 0.124 e. The minimum atomic E-state index is -0.0210. The van der Waals surface area contributed by atoms with Crippen molar-refractivity contribution in [3.8, 4) is 5.75 Å². The molecule has 0 radical (unpaired) electrons.